The van der Waals surface area contributed by atoms with Gasteiger partial charge in [0, 0.05) is 17.8 Å². The summed E-state index contributed by atoms with van der Waals surface area (Å²) >= 11 is 0. The van der Waals surface area contributed by atoms with Crippen molar-refractivity contribution in [3.63, 3.8) is 0 Å². The number of carbonyl (C=O) groups excluding carboxylic acids is 1. The van der Waals surface area contributed by atoms with Crippen molar-refractivity contribution in [3.8, 4) is 5.88 Å². The molecule has 0 bridgehead atoms. The quantitative estimate of drug-likeness (QED) is 0.532. The maximum atomic E-state index is 11.1. The second-order valence-electron chi connectivity index (χ2n) is 3.49. The van der Waals surface area contributed by atoms with Crippen molar-refractivity contribution in [3.05, 3.63) is 23.9 Å². The predicted molar refractivity (Wildman–Crippen MR) is 59.3 cm³/mol. The fraction of sp³-hybridized carbons (Fsp3) is 0.500. The van der Waals surface area contributed by atoms with Crippen molar-refractivity contribution in [2.75, 3.05) is 6.61 Å². The third-order valence-corrected chi connectivity index (χ3v) is 2.14. The summed E-state index contributed by atoms with van der Waals surface area (Å²) in [5.41, 5.74) is 0.649. The van der Waals surface area contributed by atoms with Gasteiger partial charge in [0.05, 0.1) is 6.61 Å². The van der Waals surface area contributed by atoms with Gasteiger partial charge in [-0.2, -0.15) is 0 Å². The van der Waals surface area contributed by atoms with Crippen molar-refractivity contribution in [2.24, 2.45) is 0 Å². The highest BCUT2D eigenvalue weighted by Crippen LogP contribution is 2.10. The Morgan fingerprint density at radius 2 is 2.27 bits per heavy atom. The Bertz CT molecular complexity index is 323. The molecule has 1 aromatic heterocycles. The molecule has 1 aromatic rings. The molecule has 1 heterocycles. The van der Waals surface area contributed by atoms with Crippen molar-refractivity contribution >= 4 is 5.78 Å². The molecule has 15 heavy (non-hydrogen) atoms. The lowest BCUT2D eigenvalue weighted by atomic mass is 10.2. The summed E-state index contributed by atoms with van der Waals surface area (Å²) in [6.45, 7) is 4.35. The van der Waals surface area contributed by atoms with Gasteiger partial charge in [-0.05, 0) is 19.4 Å². The number of ketones is 1. The molecule has 0 aromatic carbocycles. The molecule has 0 radical (unpaired) electrons. The SMILES string of the molecule is CCCCCOc1cc(C(C)=O)ccn1. The summed E-state index contributed by atoms with van der Waals surface area (Å²) in [6, 6.07) is 3.38. The van der Waals surface area contributed by atoms with E-state index in [4.69, 9.17) is 4.74 Å². The van der Waals surface area contributed by atoms with Crippen LogP contribution in [-0.4, -0.2) is 17.4 Å². The van der Waals surface area contributed by atoms with Gasteiger partial charge in [0.25, 0.3) is 0 Å². The van der Waals surface area contributed by atoms with E-state index in [-0.39, 0.29) is 5.78 Å². The molecular formula is C12H17NO2. The average molecular weight is 207 g/mol. The fourth-order valence-electron chi connectivity index (χ4n) is 1.24. The Morgan fingerprint density at radius 1 is 1.47 bits per heavy atom. The van der Waals surface area contributed by atoms with Crippen LogP contribution in [-0.2, 0) is 0 Å². The number of carbonyl (C=O) groups is 1. The van der Waals surface area contributed by atoms with E-state index in [1.807, 2.05) is 0 Å². The third-order valence-electron chi connectivity index (χ3n) is 2.14. The van der Waals surface area contributed by atoms with Crippen LogP contribution in [0, 0.1) is 0 Å². The number of aromatic nitrogens is 1. The number of rotatable bonds is 6. The third kappa shape index (κ3) is 4.11. The van der Waals surface area contributed by atoms with Crippen LogP contribution in [0.4, 0.5) is 0 Å². The first kappa shape index (κ1) is 11.7. The molecular weight excluding hydrogens is 190 g/mol. The maximum Gasteiger partial charge on any atom is 0.213 e. The van der Waals surface area contributed by atoms with Gasteiger partial charge in [-0.3, -0.25) is 4.79 Å². The first-order valence-corrected chi connectivity index (χ1v) is 5.34. The number of ether oxygens (including phenoxy) is 1. The summed E-state index contributed by atoms with van der Waals surface area (Å²) < 4.78 is 5.44. The number of unbranched alkanes of at least 4 members (excludes halogenated alkanes) is 2. The molecule has 0 aliphatic carbocycles. The first-order valence-electron chi connectivity index (χ1n) is 5.34. The zero-order valence-electron chi connectivity index (χ0n) is 9.32. The summed E-state index contributed by atoms with van der Waals surface area (Å²) in [5.74, 6) is 0.578. The van der Waals surface area contributed by atoms with Crippen molar-refractivity contribution in [2.45, 2.75) is 33.1 Å². The second kappa shape index (κ2) is 6.17. The number of nitrogens with zero attached hydrogens (tertiary/aromatic N) is 1. The van der Waals surface area contributed by atoms with Gasteiger partial charge < -0.3 is 4.74 Å². The lowest BCUT2D eigenvalue weighted by Gasteiger charge is -2.05. The molecule has 1 rings (SSSR count). The van der Waals surface area contributed by atoms with Crippen LogP contribution < -0.4 is 4.74 Å². The van der Waals surface area contributed by atoms with E-state index in [0.29, 0.717) is 18.1 Å². The maximum absolute atomic E-state index is 11.1. The van der Waals surface area contributed by atoms with Crippen molar-refractivity contribution in [1.82, 2.24) is 4.98 Å². The Kier molecular flexibility index (Phi) is 4.81. The van der Waals surface area contributed by atoms with Gasteiger partial charge in [0.15, 0.2) is 5.78 Å². The van der Waals surface area contributed by atoms with Crippen LogP contribution in [0.25, 0.3) is 0 Å². The summed E-state index contributed by atoms with van der Waals surface area (Å²) in [5, 5.41) is 0. The molecule has 0 spiro atoms. The molecule has 0 aliphatic rings. The molecule has 0 N–H and O–H groups in total. The van der Waals surface area contributed by atoms with Crippen molar-refractivity contribution in [1.29, 1.82) is 0 Å². The van der Waals surface area contributed by atoms with Crippen LogP contribution in [0.1, 0.15) is 43.5 Å². The van der Waals surface area contributed by atoms with E-state index in [0.717, 1.165) is 12.8 Å². The highest BCUT2D eigenvalue weighted by atomic mass is 16.5. The van der Waals surface area contributed by atoms with E-state index >= 15 is 0 Å². The average Bonchev–Trinajstić information content (AvgIpc) is 2.25. The molecule has 0 saturated heterocycles. The Labute approximate surface area is 90.5 Å². The predicted octanol–water partition coefficient (Wildman–Crippen LogP) is 2.85. The Hall–Kier alpha value is -1.38. The molecule has 0 atom stereocenters. The molecule has 3 heteroatoms. The first-order chi connectivity index (χ1) is 7.24. The topological polar surface area (TPSA) is 39.2 Å². The highest BCUT2D eigenvalue weighted by molar-refractivity contribution is 5.94. The molecule has 3 nitrogen and oxygen atoms in total. The molecule has 0 unspecified atom stereocenters. The van der Waals surface area contributed by atoms with E-state index in [1.54, 1.807) is 18.3 Å². The zero-order chi connectivity index (χ0) is 11.1. The van der Waals surface area contributed by atoms with Crippen LogP contribution >= 0.6 is 0 Å². The van der Waals surface area contributed by atoms with Gasteiger partial charge in [-0.1, -0.05) is 19.8 Å². The smallest absolute Gasteiger partial charge is 0.213 e. The minimum absolute atomic E-state index is 0.0378. The van der Waals surface area contributed by atoms with Crippen LogP contribution in [0.2, 0.25) is 0 Å². The summed E-state index contributed by atoms with van der Waals surface area (Å²) in [7, 11) is 0. The lowest BCUT2D eigenvalue weighted by molar-refractivity contribution is 0.101. The minimum atomic E-state index is 0.0378. The number of pyridine rings is 1. The van der Waals surface area contributed by atoms with Gasteiger partial charge in [0.2, 0.25) is 5.88 Å². The largest absolute Gasteiger partial charge is 0.478 e. The number of hydrogen-bond acceptors (Lipinski definition) is 3. The molecule has 0 amide bonds. The van der Waals surface area contributed by atoms with E-state index in [9.17, 15) is 4.79 Å². The number of Topliss-reactive ketones (excluding diaryl/α,β-unsaturated/α-hetero) is 1. The molecule has 0 saturated carbocycles. The number of hydrogen-bond donors (Lipinski definition) is 0. The van der Waals surface area contributed by atoms with E-state index < -0.39 is 0 Å². The molecule has 82 valence electrons. The monoisotopic (exact) mass is 207 g/mol. The van der Waals surface area contributed by atoms with Crippen molar-refractivity contribution < 1.29 is 9.53 Å². The van der Waals surface area contributed by atoms with Gasteiger partial charge in [-0.25, -0.2) is 4.98 Å². The molecule has 0 aliphatic heterocycles. The van der Waals surface area contributed by atoms with Crippen LogP contribution in [0.15, 0.2) is 18.3 Å². The van der Waals surface area contributed by atoms with Crippen LogP contribution in [0.5, 0.6) is 5.88 Å². The Morgan fingerprint density at radius 3 is 2.93 bits per heavy atom. The van der Waals surface area contributed by atoms with Gasteiger partial charge in [0.1, 0.15) is 0 Å². The van der Waals surface area contributed by atoms with Crippen LogP contribution in [0.3, 0.4) is 0 Å². The summed E-state index contributed by atoms with van der Waals surface area (Å²) in [6.07, 6.45) is 4.96. The van der Waals surface area contributed by atoms with E-state index in [1.165, 1.54) is 13.3 Å². The summed E-state index contributed by atoms with van der Waals surface area (Å²) in [4.78, 5) is 15.1. The highest BCUT2D eigenvalue weighted by Gasteiger charge is 2.01. The molecule has 0 fully saturated rings. The van der Waals surface area contributed by atoms with Gasteiger partial charge in [-0.15, -0.1) is 0 Å². The lowest BCUT2D eigenvalue weighted by Crippen LogP contribution is -2.00. The Balaban J connectivity index is 2.47. The normalized spacial score (nSPS) is 10.0. The minimum Gasteiger partial charge on any atom is -0.478 e. The van der Waals surface area contributed by atoms with E-state index in [2.05, 4.69) is 11.9 Å². The zero-order valence-corrected chi connectivity index (χ0v) is 9.32. The fourth-order valence-corrected chi connectivity index (χ4v) is 1.24. The van der Waals surface area contributed by atoms with Gasteiger partial charge >= 0.3 is 0 Å². The second-order valence-corrected chi connectivity index (χ2v) is 3.49. The standard InChI is InChI=1S/C12H17NO2/c1-3-4-5-8-15-12-9-11(10(2)14)6-7-13-12/h6-7,9H,3-5,8H2,1-2H3.